The van der Waals surface area contributed by atoms with Crippen molar-refractivity contribution in [1.82, 2.24) is 9.88 Å². The molecule has 1 N–H and O–H groups in total. The Balaban J connectivity index is 1.39. The van der Waals surface area contributed by atoms with Crippen molar-refractivity contribution >= 4 is 16.8 Å². The van der Waals surface area contributed by atoms with Gasteiger partial charge in [-0.3, -0.25) is 4.79 Å². The molecule has 1 aliphatic heterocycles. The van der Waals surface area contributed by atoms with Crippen LogP contribution in [0.3, 0.4) is 0 Å². The minimum Gasteiger partial charge on any atom is -0.497 e. The molecule has 3 aromatic rings. The Morgan fingerprint density at radius 2 is 2.07 bits per heavy atom. The molecule has 1 fully saturated rings. The Labute approximate surface area is 158 Å². The number of amides is 1. The number of piperidine rings is 1. The topological polar surface area (TPSA) is 54.6 Å². The maximum absolute atomic E-state index is 12.9. The van der Waals surface area contributed by atoms with E-state index in [-0.39, 0.29) is 5.91 Å². The van der Waals surface area contributed by atoms with Crippen LogP contribution in [0.4, 0.5) is 0 Å². The zero-order valence-electron chi connectivity index (χ0n) is 15.5. The van der Waals surface area contributed by atoms with Crippen LogP contribution in [0.25, 0.3) is 10.9 Å². The molecule has 140 valence electrons. The summed E-state index contributed by atoms with van der Waals surface area (Å²) in [7, 11) is 1.65. The van der Waals surface area contributed by atoms with Gasteiger partial charge in [-0.25, -0.2) is 0 Å². The van der Waals surface area contributed by atoms with Crippen LogP contribution in [-0.2, 0) is 0 Å². The highest BCUT2D eigenvalue weighted by atomic mass is 16.5. The highest BCUT2D eigenvalue weighted by molar-refractivity contribution is 5.98. The Hall–Kier alpha value is -2.95. The van der Waals surface area contributed by atoms with Crippen molar-refractivity contribution in [3.63, 3.8) is 0 Å². The number of H-pyrrole nitrogens is 1. The molecule has 0 unspecified atom stereocenters. The van der Waals surface area contributed by atoms with Crippen LogP contribution in [0, 0.1) is 5.92 Å². The Kier molecular flexibility index (Phi) is 5.01. The molecule has 1 atom stereocenters. The average molecular weight is 364 g/mol. The fraction of sp³-hybridized carbons (Fsp3) is 0.318. The van der Waals surface area contributed by atoms with Gasteiger partial charge < -0.3 is 19.4 Å². The summed E-state index contributed by atoms with van der Waals surface area (Å²) >= 11 is 0. The molecule has 1 amide bonds. The van der Waals surface area contributed by atoms with Crippen LogP contribution in [0.2, 0.25) is 0 Å². The first-order valence-electron chi connectivity index (χ1n) is 9.36. The molecule has 4 rings (SSSR count). The molecule has 2 heterocycles. The third-order valence-electron chi connectivity index (χ3n) is 5.14. The minimum atomic E-state index is 0.0950. The summed E-state index contributed by atoms with van der Waals surface area (Å²) in [6, 6.07) is 15.5. The third-order valence-corrected chi connectivity index (χ3v) is 5.14. The number of nitrogens with zero attached hydrogens (tertiary/aromatic N) is 1. The van der Waals surface area contributed by atoms with E-state index in [2.05, 4.69) is 4.98 Å². The average Bonchev–Trinajstić information content (AvgIpc) is 3.20. The fourth-order valence-electron chi connectivity index (χ4n) is 3.65. The van der Waals surface area contributed by atoms with Gasteiger partial charge in [-0.15, -0.1) is 0 Å². The first kappa shape index (κ1) is 17.5. The fourth-order valence-corrected chi connectivity index (χ4v) is 3.65. The summed E-state index contributed by atoms with van der Waals surface area (Å²) in [4.78, 5) is 18.0. The van der Waals surface area contributed by atoms with E-state index >= 15 is 0 Å². The molecule has 5 heteroatoms. The van der Waals surface area contributed by atoms with Crippen LogP contribution in [0.5, 0.6) is 11.5 Å². The van der Waals surface area contributed by atoms with E-state index in [1.54, 1.807) is 7.11 Å². The molecule has 2 aromatic carbocycles. The number of nitrogens with one attached hydrogen (secondary N) is 1. The van der Waals surface area contributed by atoms with Crippen molar-refractivity contribution in [3.8, 4) is 11.5 Å². The molecular formula is C22H24N2O3. The number of benzene rings is 2. The Morgan fingerprint density at radius 1 is 1.19 bits per heavy atom. The number of fused-ring (bicyclic) bond motifs is 1. The van der Waals surface area contributed by atoms with Gasteiger partial charge in [0.05, 0.1) is 13.7 Å². The van der Waals surface area contributed by atoms with Crippen molar-refractivity contribution in [2.75, 3.05) is 26.8 Å². The Bertz CT molecular complexity index is 934. The largest absolute Gasteiger partial charge is 0.497 e. The molecule has 0 saturated carbocycles. The summed E-state index contributed by atoms with van der Waals surface area (Å²) in [5.41, 5.74) is 1.73. The van der Waals surface area contributed by atoms with E-state index in [9.17, 15) is 4.79 Å². The lowest BCUT2D eigenvalue weighted by Gasteiger charge is -2.32. The van der Waals surface area contributed by atoms with E-state index in [4.69, 9.17) is 9.47 Å². The summed E-state index contributed by atoms with van der Waals surface area (Å²) in [5, 5.41) is 1.12. The smallest absolute Gasteiger partial charge is 0.253 e. The second-order valence-corrected chi connectivity index (χ2v) is 7.03. The second-order valence-electron chi connectivity index (χ2n) is 7.03. The van der Waals surface area contributed by atoms with Crippen LogP contribution in [0.15, 0.2) is 54.7 Å². The molecular weight excluding hydrogens is 340 g/mol. The number of aromatic amines is 1. The zero-order chi connectivity index (χ0) is 18.6. The number of hydrogen-bond acceptors (Lipinski definition) is 3. The monoisotopic (exact) mass is 364 g/mol. The molecule has 0 radical (unpaired) electrons. The van der Waals surface area contributed by atoms with Gasteiger partial charge >= 0.3 is 0 Å². The zero-order valence-corrected chi connectivity index (χ0v) is 15.5. The van der Waals surface area contributed by atoms with Crippen LogP contribution < -0.4 is 9.47 Å². The van der Waals surface area contributed by atoms with Crippen molar-refractivity contribution in [2.24, 2.45) is 5.92 Å². The summed E-state index contributed by atoms with van der Waals surface area (Å²) in [6.07, 6.45) is 3.97. The number of ether oxygens (including phenoxy) is 2. The first-order valence-corrected chi connectivity index (χ1v) is 9.36. The predicted octanol–water partition coefficient (Wildman–Crippen LogP) is 4.11. The lowest BCUT2D eigenvalue weighted by Crippen LogP contribution is -2.41. The number of carbonyl (C=O) groups excluding carboxylic acids is 1. The van der Waals surface area contributed by atoms with E-state index in [0.29, 0.717) is 12.5 Å². The van der Waals surface area contributed by atoms with Crippen molar-refractivity contribution in [3.05, 3.63) is 60.3 Å². The van der Waals surface area contributed by atoms with E-state index < -0.39 is 0 Å². The molecule has 1 saturated heterocycles. The van der Waals surface area contributed by atoms with Crippen LogP contribution in [-0.4, -0.2) is 42.6 Å². The third kappa shape index (κ3) is 3.92. The maximum atomic E-state index is 12.9. The molecule has 5 nitrogen and oxygen atoms in total. The highest BCUT2D eigenvalue weighted by Gasteiger charge is 2.25. The number of methoxy groups -OCH3 is 1. The number of hydrogen-bond donors (Lipinski definition) is 1. The Morgan fingerprint density at radius 3 is 2.96 bits per heavy atom. The molecule has 27 heavy (non-hydrogen) atoms. The number of likely N-dealkylation sites (tertiary alicyclic amines) is 1. The van der Waals surface area contributed by atoms with Gasteiger partial charge in [-0.2, -0.15) is 0 Å². The molecule has 0 spiro atoms. The number of carbonyl (C=O) groups is 1. The van der Waals surface area contributed by atoms with Gasteiger partial charge in [-0.05, 0) is 48.6 Å². The summed E-state index contributed by atoms with van der Waals surface area (Å²) < 4.78 is 11.2. The SMILES string of the molecule is COc1cccc(OC[C@@H]2CCCN(C(=O)c3ccc4cc[nH]c4c3)C2)c1. The number of rotatable bonds is 5. The standard InChI is InChI=1S/C22H24N2O3/c1-26-19-5-2-6-20(13-19)27-15-16-4-3-11-24(14-16)22(25)18-8-7-17-9-10-23-21(17)12-18/h2,5-10,12-13,16,23H,3-4,11,14-15H2,1H3/t16-/m1/s1. The summed E-state index contributed by atoms with van der Waals surface area (Å²) in [5.74, 6) is 2.02. The maximum Gasteiger partial charge on any atom is 0.253 e. The van der Waals surface area contributed by atoms with Crippen molar-refractivity contribution in [2.45, 2.75) is 12.8 Å². The molecule has 1 aromatic heterocycles. The predicted molar refractivity (Wildman–Crippen MR) is 105 cm³/mol. The van der Waals surface area contributed by atoms with E-state index in [1.165, 1.54) is 0 Å². The summed E-state index contributed by atoms with van der Waals surface area (Å²) in [6.45, 7) is 2.13. The quantitative estimate of drug-likeness (QED) is 0.741. The number of aromatic nitrogens is 1. The van der Waals surface area contributed by atoms with Gasteiger partial charge in [0, 0.05) is 42.4 Å². The van der Waals surface area contributed by atoms with Crippen molar-refractivity contribution in [1.29, 1.82) is 0 Å². The normalized spacial score (nSPS) is 17.1. The van der Waals surface area contributed by atoms with Crippen LogP contribution in [0.1, 0.15) is 23.2 Å². The lowest BCUT2D eigenvalue weighted by molar-refractivity contribution is 0.0633. The van der Waals surface area contributed by atoms with E-state index in [1.807, 2.05) is 59.6 Å². The van der Waals surface area contributed by atoms with E-state index in [0.717, 1.165) is 53.9 Å². The van der Waals surface area contributed by atoms with Gasteiger partial charge in [0.2, 0.25) is 0 Å². The second kappa shape index (κ2) is 7.74. The molecule has 0 aliphatic carbocycles. The van der Waals surface area contributed by atoms with Gasteiger partial charge in [0.25, 0.3) is 5.91 Å². The van der Waals surface area contributed by atoms with Crippen molar-refractivity contribution < 1.29 is 14.3 Å². The minimum absolute atomic E-state index is 0.0950. The first-order chi connectivity index (χ1) is 13.2. The molecule has 1 aliphatic rings. The molecule has 0 bridgehead atoms. The highest BCUT2D eigenvalue weighted by Crippen LogP contribution is 2.23. The van der Waals surface area contributed by atoms with Crippen LogP contribution >= 0.6 is 0 Å². The van der Waals surface area contributed by atoms with Gasteiger partial charge in [-0.1, -0.05) is 12.1 Å². The van der Waals surface area contributed by atoms with Gasteiger partial charge in [0.15, 0.2) is 0 Å². The lowest BCUT2D eigenvalue weighted by atomic mass is 9.98. The van der Waals surface area contributed by atoms with Gasteiger partial charge in [0.1, 0.15) is 11.5 Å².